The van der Waals surface area contributed by atoms with E-state index in [-0.39, 0.29) is 18.2 Å². The van der Waals surface area contributed by atoms with Crippen molar-refractivity contribution in [3.63, 3.8) is 0 Å². The highest BCUT2D eigenvalue weighted by molar-refractivity contribution is 5.19. The fourth-order valence-electron chi connectivity index (χ4n) is 2.25. The van der Waals surface area contributed by atoms with Crippen LogP contribution in [0.3, 0.4) is 0 Å². The van der Waals surface area contributed by atoms with Gasteiger partial charge in [0.15, 0.2) is 0 Å². The number of halogens is 2. The predicted molar refractivity (Wildman–Crippen MR) is 74.7 cm³/mol. The molecule has 1 rings (SSSR count). The molecule has 1 aromatic rings. The average Bonchev–Trinajstić information content (AvgIpc) is 2.34. The zero-order valence-corrected chi connectivity index (χ0v) is 12.0. The van der Waals surface area contributed by atoms with Gasteiger partial charge in [0, 0.05) is 18.2 Å². The molecule has 2 N–H and O–H groups in total. The fraction of sp³-hybridized carbons (Fsp3) is 0.600. The summed E-state index contributed by atoms with van der Waals surface area (Å²) in [7, 11) is 1.89. The van der Waals surface area contributed by atoms with Crippen molar-refractivity contribution < 1.29 is 8.78 Å². The van der Waals surface area contributed by atoms with E-state index in [1.165, 1.54) is 18.2 Å². The molecule has 2 nitrogen and oxygen atoms in total. The van der Waals surface area contributed by atoms with Crippen LogP contribution in [-0.4, -0.2) is 24.5 Å². The summed E-state index contributed by atoms with van der Waals surface area (Å²) in [6, 6.07) is 4.25. The maximum atomic E-state index is 13.6. The smallest absolute Gasteiger partial charge is 0.130 e. The summed E-state index contributed by atoms with van der Waals surface area (Å²) in [5.74, 6) is -0.434. The molecule has 108 valence electrons. The van der Waals surface area contributed by atoms with Crippen LogP contribution in [0.25, 0.3) is 0 Å². The molecule has 2 unspecified atom stereocenters. The van der Waals surface area contributed by atoms with E-state index in [9.17, 15) is 8.78 Å². The van der Waals surface area contributed by atoms with Crippen LogP contribution in [0.4, 0.5) is 8.78 Å². The molecular weight excluding hydrogens is 246 g/mol. The number of hydrogen-bond donors (Lipinski definition) is 1. The Morgan fingerprint density at radius 1 is 1.21 bits per heavy atom. The number of hydrogen-bond acceptors (Lipinski definition) is 2. The highest BCUT2D eigenvalue weighted by Crippen LogP contribution is 2.18. The van der Waals surface area contributed by atoms with Crippen molar-refractivity contribution in [2.75, 3.05) is 13.6 Å². The second-order valence-electron chi connectivity index (χ2n) is 5.38. The summed E-state index contributed by atoms with van der Waals surface area (Å²) in [4.78, 5) is 1.98. The Balaban J connectivity index is 2.61. The minimum Gasteiger partial charge on any atom is -0.330 e. The maximum Gasteiger partial charge on any atom is 0.130 e. The number of nitrogens with zero attached hydrogens (tertiary/aromatic N) is 1. The van der Waals surface area contributed by atoms with Crippen molar-refractivity contribution in [1.29, 1.82) is 0 Å². The highest BCUT2D eigenvalue weighted by Gasteiger charge is 2.16. The van der Waals surface area contributed by atoms with Crippen LogP contribution in [0.15, 0.2) is 18.2 Å². The molecule has 0 saturated carbocycles. The topological polar surface area (TPSA) is 29.3 Å². The normalized spacial score (nSPS) is 14.7. The van der Waals surface area contributed by atoms with Gasteiger partial charge in [0.25, 0.3) is 0 Å². The van der Waals surface area contributed by atoms with E-state index < -0.39 is 11.6 Å². The maximum absolute atomic E-state index is 13.6. The van der Waals surface area contributed by atoms with Crippen LogP contribution in [0, 0.1) is 17.6 Å². The minimum atomic E-state index is -0.478. The molecule has 19 heavy (non-hydrogen) atoms. The van der Waals surface area contributed by atoms with Crippen LogP contribution in [0.2, 0.25) is 0 Å². The van der Waals surface area contributed by atoms with Crippen LogP contribution >= 0.6 is 0 Å². The molecule has 0 bridgehead atoms. The van der Waals surface area contributed by atoms with Gasteiger partial charge in [-0.05, 0) is 51.4 Å². The van der Waals surface area contributed by atoms with Gasteiger partial charge < -0.3 is 5.73 Å². The van der Waals surface area contributed by atoms with Crippen molar-refractivity contribution in [3.8, 4) is 0 Å². The lowest BCUT2D eigenvalue weighted by Gasteiger charge is -2.27. The van der Waals surface area contributed by atoms with Gasteiger partial charge >= 0.3 is 0 Å². The monoisotopic (exact) mass is 270 g/mol. The molecule has 0 fully saturated rings. The van der Waals surface area contributed by atoms with Crippen molar-refractivity contribution in [1.82, 2.24) is 4.90 Å². The summed E-state index contributed by atoms with van der Waals surface area (Å²) in [5.41, 5.74) is 5.67. The zero-order chi connectivity index (χ0) is 14.4. The summed E-state index contributed by atoms with van der Waals surface area (Å²) in [6.45, 7) is 5.20. The second-order valence-corrected chi connectivity index (χ2v) is 5.38. The largest absolute Gasteiger partial charge is 0.330 e. The standard InChI is InChI=1S/C15H24F2N2/c1-11(7-8-18)9-12(2)19(3)10-13-14(16)5-4-6-15(13)17/h4-6,11-12H,7-10,18H2,1-3H3. The molecular formula is C15H24F2N2. The summed E-state index contributed by atoms with van der Waals surface area (Å²) < 4.78 is 27.1. The van der Waals surface area contributed by atoms with E-state index in [0.29, 0.717) is 12.5 Å². The van der Waals surface area contributed by atoms with E-state index in [1.54, 1.807) is 0 Å². The molecule has 0 aromatic heterocycles. The van der Waals surface area contributed by atoms with Crippen molar-refractivity contribution in [2.24, 2.45) is 11.7 Å². The van der Waals surface area contributed by atoms with Gasteiger partial charge in [-0.2, -0.15) is 0 Å². The third kappa shape index (κ3) is 4.88. The van der Waals surface area contributed by atoms with Gasteiger partial charge in [-0.15, -0.1) is 0 Å². The fourth-order valence-corrected chi connectivity index (χ4v) is 2.25. The van der Waals surface area contributed by atoms with Gasteiger partial charge in [-0.25, -0.2) is 8.78 Å². The Morgan fingerprint density at radius 3 is 2.32 bits per heavy atom. The molecule has 1 aromatic carbocycles. The average molecular weight is 270 g/mol. The Morgan fingerprint density at radius 2 is 1.79 bits per heavy atom. The Kier molecular flexibility index (Phi) is 6.38. The third-order valence-electron chi connectivity index (χ3n) is 3.62. The Hall–Kier alpha value is -1.00. The summed E-state index contributed by atoms with van der Waals surface area (Å²) in [5, 5.41) is 0. The SMILES string of the molecule is CC(CCN)CC(C)N(C)Cc1c(F)cccc1F. The molecule has 0 aliphatic rings. The Bertz CT molecular complexity index is 375. The van der Waals surface area contributed by atoms with Crippen molar-refractivity contribution >= 4 is 0 Å². The molecule has 0 aliphatic heterocycles. The quantitative estimate of drug-likeness (QED) is 0.824. The summed E-state index contributed by atoms with van der Waals surface area (Å²) in [6.07, 6.45) is 1.95. The highest BCUT2D eigenvalue weighted by atomic mass is 19.1. The van der Waals surface area contributed by atoms with Crippen molar-refractivity contribution in [2.45, 2.75) is 39.3 Å². The Labute approximate surface area is 114 Å². The molecule has 0 saturated heterocycles. The molecule has 2 atom stereocenters. The van der Waals surface area contributed by atoms with E-state index in [4.69, 9.17) is 5.73 Å². The minimum absolute atomic E-state index is 0.142. The van der Waals surface area contributed by atoms with E-state index >= 15 is 0 Å². The van der Waals surface area contributed by atoms with Gasteiger partial charge in [0.2, 0.25) is 0 Å². The number of rotatable bonds is 7. The first kappa shape index (κ1) is 16.1. The van der Waals surface area contributed by atoms with E-state index in [1.807, 2.05) is 11.9 Å². The van der Waals surface area contributed by atoms with Crippen LogP contribution < -0.4 is 5.73 Å². The van der Waals surface area contributed by atoms with Crippen LogP contribution in [0.1, 0.15) is 32.3 Å². The van der Waals surface area contributed by atoms with E-state index in [2.05, 4.69) is 13.8 Å². The molecule has 0 spiro atoms. The van der Waals surface area contributed by atoms with Crippen LogP contribution in [-0.2, 0) is 6.54 Å². The lowest BCUT2D eigenvalue weighted by molar-refractivity contribution is 0.209. The summed E-state index contributed by atoms with van der Waals surface area (Å²) >= 11 is 0. The predicted octanol–water partition coefficient (Wildman–Crippen LogP) is 3.16. The molecule has 0 amide bonds. The van der Waals surface area contributed by atoms with Gasteiger partial charge in [0.05, 0.1) is 0 Å². The van der Waals surface area contributed by atoms with Gasteiger partial charge in [-0.1, -0.05) is 13.0 Å². The van der Waals surface area contributed by atoms with E-state index in [0.717, 1.165) is 12.8 Å². The molecule has 0 aliphatic carbocycles. The molecule has 0 heterocycles. The van der Waals surface area contributed by atoms with Crippen LogP contribution in [0.5, 0.6) is 0 Å². The number of nitrogens with two attached hydrogens (primary N) is 1. The second kappa shape index (κ2) is 7.56. The zero-order valence-electron chi connectivity index (χ0n) is 12.0. The van der Waals surface area contributed by atoms with Crippen molar-refractivity contribution in [3.05, 3.63) is 35.4 Å². The first-order chi connectivity index (χ1) is 8.95. The van der Waals surface area contributed by atoms with Gasteiger partial charge in [0.1, 0.15) is 11.6 Å². The first-order valence-corrected chi connectivity index (χ1v) is 6.78. The first-order valence-electron chi connectivity index (χ1n) is 6.78. The molecule has 4 heteroatoms. The third-order valence-corrected chi connectivity index (χ3v) is 3.62. The lowest BCUT2D eigenvalue weighted by Crippen LogP contribution is -2.31. The number of benzene rings is 1. The van der Waals surface area contributed by atoms with Gasteiger partial charge in [-0.3, -0.25) is 4.90 Å². The lowest BCUT2D eigenvalue weighted by atomic mass is 9.98. The molecule has 0 radical (unpaired) electrons.